The molecule has 0 aromatic carbocycles. The molecule has 12 rings (SSSR count). The van der Waals surface area contributed by atoms with Gasteiger partial charge in [0, 0.05) is 18.1 Å². The Morgan fingerprint density at radius 3 is 2.03 bits per heavy atom. The Kier molecular flexibility index (Phi) is 26.4. The molecule has 0 N–H and O–H groups in total. The maximum atomic E-state index is 3.05. The monoisotopic (exact) mass is 1190 g/mol. The van der Waals surface area contributed by atoms with Crippen molar-refractivity contribution in [2.24, 2.45) is 94.7 Å². The van der Waals surface area contributed by atoms with Gasteiger partial charge in [0.05, 0.1) is 0 Å². The topological polar surface area (TPSA) is 3.24 Å². The Morgan fingerprint density at radius 1 is 0.534 bits per heavy atom. The zero-order chi connectivity index (χ0) is 60.3. The average Bonchev–Trinajstić information content (AvgIpc) is 3.98. The largest absolute Gasteiger partial charge is 0.287 e. The molecule has 0 saturated heterocycles. The Bertz CT molecular complexity index is 2440. The van der Waals surface area contributed by atoms with Crippen LogP contribution in [0.2, 0.25) is 0 Å². The van der Waals surface area contributed by atoms with E-state index in [1.165, 1.54) is 263 Å². The lowest BCUT2D eigenvalue weighted by atomic mass is 9.66. The van der Waals surface area contributed by atoms with E-state index in [0.717, 1.165) is 94.7 Å². The van der Waals surface area contributed by atoms with Crippen LogP contribution in [-0.2, 0) is 0 Å². The fourth-order valence-corrected chi connectivity index (χ4v) is 21.2. The molecule has 1 heteroatoms. The van der Waals surface area contributed by atoms with Crippen molar-refractivity contribution in [2.75, 3.05) is 0 Å². The van der Waals surface area contributed by atoms with Crippen LogP contribution in [-0.4, -0.2) is 23.0 Å². The van der Waals surface area contributed by atoms with E-state index in [1.807, 2.05) is 11.1 Å². The predicted octanol–water partition coefficient (Wildman–Crippen LogP) is 25.5. The van der Waals surface area contributed by atoms with Crippen molar-refractivity contribution in [1.29, 1.82) is 0 Å². The zero-order valence-corrected chi connectivity index (χ0v) is 57.5. The first-order valence-corrected chi connectivity index (χ1v) is 39.5. The molecule has 4 fully saturated rings. The lowest BCUT2D eigenvalue weighted by Crippen LogP contribution is -2.52. The number of hydrogen-bond acceptors (Lipinski definition) is 1. The van der Waals surface area contributed by atoms with Crippen molar-refractivity contribution in [1.82, 2.24) is 4.90 Å². The highest BCUT2D eigenvalue weighted by molar-refractivity contribution is 5.24. The summed E-state index contributed by atoms with van der Waals surface area (Å²) in [5.74, 6) is 14.4. The van der Waals surface area contributed by atoms with Crippen molar-refractivity contribution < 1.29 is 0 Å². The maximum absolute atomic E-state index is 3.05. The molecular weight excluding hydrogens is 1060 g/mol. The fourth-order valence-electron chi connectivity index (χ4n) is 21.2. The first kappa shape index (κ1) is 66.6. The van der Waals surface area contributed by atoms with Gasteiger partial charge in [-0.3, -0.25) is 4.90 Å². The Labute approximate surface area is 543 Å². The van der Waals surface area contributed by atoms with Crippen LogP contribution in [0.4, 0.5) is 0 Å². The molecule has 0 aromatic rings. The van der Waals surface area contributed by atoms with Crippen LogP contribution in [0.1, 0.15) is 297 Å². The molecule has 4 saturated carbocycles. The van der Waals surface area contributed by atoms with Crippen molar-refractivity contribution in [2.45, 2.75) is 315 Å². The summed E-state index contributed by atoms with van der Waals surface area (Å²) >= 11 is 0. The van der Waals surface area contributed by atoms with E-state index in [0.29, 0.717) is 18.1 Å². The highest BCUT2D eigenvalue weighted by atomic mass is 15.2. The van der Waals surface area contributed by atoms with E-state index in [1.54, 1.807) is 17.6 Å². The van der Waals surface area contributed by atoms with Crippen LogP contribution >= 0.6 is 0 Å². The molecule has 0 spiro atoms. The van der Waals surface area contributed by atoms with Gasteiger partial charge in [0.15, 0.2) is 0 Å². The maximum Gasteiger partial charge on any atom is 0.0324 e. The number of rotatable bonds is 24. The molecule has 10 unspecified atom stereocenters. The summed E-state index contributed by atoms with van der Waals surface area (Å²) in [5.41, 5.74) is 7.24. The van der Waals surface area contributed by atoms with Gasteiger partial charge in [-0.25, -0.2) is 0 Å². The summed E-state index contributed by atoms with van der Waals surface area (Å²) in [6.45, 7) is 9.87. The van der Waals surface area contributed by atoms with E-state index in [4.69, 9.17) is 0 Å². The number of unbranched alkanes of at least 4 members (excludes halogenated alkanes) is 1. The molecule has 0 aliphatic heterocycles. The minimum absolute atomic E-state index is 0.522. The first-order valence-electron chi connectivity index (χ1n) is 39.5. The lowest BCUT2D eigenvalue weighted by molar-refractivity contribution is 0.0500. The average molecular weight is 1190 g/mol. The molecule has 0 aromatic heterocycles. The molecule has 486 valence electrons. The second-order valence-corrected chi connectivity index (χ2v) is 32.9. The van der Waals surface area contributed by atoms with Crippen LogP contribution < -0.4 is 0 Å². The van der Waals surface area contributed by atoms with Crippen molar-refractivity contribution in [3.63, 3.8) is 0 Å². The van der Waals surface area contributed by atoms with Crippen LogP contribution in [0, 0.1) is 94.7 Å². The summed E-state index contributed by atoms with van der Waals surface area (Å²) in [5, 5.41) is 0. The number of allylic oxidation sites excluding steroid dienone is 18. The van der Waals surface area contributed by atoms with Gasteiger partial charge in [0.2, 0.25) is 0 Å². The third kappa shape index (κ3) is 19.4. The van der Waals surface area contributed by atoms with E-state index in [2.05, 4.69) is 142 Å². The van der Waals surface area contributed by atoms with Gasteiger partial charge in [-0.05, 0) is 313 Å². The van der Waals surface area contributed by atoms with Gasteiger partial charge < -0.3 is 0 Å². The molecular formula is C87H133N. The molecule has 0 heterocycles. The normalized spacial score (nSPS) is 36.8. The van der Waals surface area contributed by atoms with Crippen LogP contribution in [0.3, 0.4) is 0 Å². The molecule has 0 bridgehead atoms. The highest BCUT2D eigenvalue weighted by Crippen LogP contribution is 2.52. The summed E-state index contributed by atoms with van der Waals surface area (Å²) in [6, 6.07) is 1.70. The second-order valence-electron chi connectivity index (χ2n) is 32.9. The first-order chi connectivity index (χ1) is 43.3. The molecule has 0 amide bonds. The Hall–Kier alpha value is -2.90. The minimum atomic E-state index is 0.522. The smallest absolute Gasteiger partial charge is 0.0324 e. The summed E-state index contributed by atoms with van der Waals surface area (Å²) in [6.07, 6.45) is 105. The molecule has 0 radical (unpaired) electrons. The van der Waals surface area contributed by atoms with Crippen molar-refractivity contribution in [3.8, 4) is 0 Å². The van der Waals surface area contributed by atoms with Crippen molar-refractivity contribution in [3.05, 3.63) is 132 Å². The Balaban J connectivity index is 0.00000107. The summed E-state index contributed by atoms with van der Waals surface area (Å²) in [4.78, 5) is 3.05. The second kappa shape index (κ2) is 34.8. The summed E-state index contributed by atoms with van der Waals surface area (Å²) in [7, 11) is 0. The lowest BCUT2D eigenvalue weighted by Gasteiger charge is -2.47. The van der Waals surface area contributed by atoms with E-state index >= 15 is 0 Å². The summed E-state index contributed by atoms with van der Waals surface area (Å²) < 4.78 is 0. The van der Waals surface area contributed by atoms with Crippen LogP contribution in [0.25, 0.3) is 0 Å². The molecule has 88 heavy (non-hydrogen) atoms. The van der Waals surface area contributed by atoms with E-state index < -0.39 is 0 Å². The number of fused-ring (bicyclic) bond motifs is 1. The van der Waals surface area contributed by atoms with E-state index in [9.17, 15) is 0 Å². The van der Waals surface area contributed by atoms with Gasteiger partial charge in [0.1, 0.15) is 0 Å². The minimum Gasteiger partial charge on any atom is -0.287 e. The van der Waals surface area contributed by atoms with Gasteiger partial charge in [-0.2, -0.15) is 0 Å². The SMILES string of the molecule is CCC[C@H](CCCC1CC1C(C)CCCCC1=CCCCC1)C1CCC(C2=CC[C@@H](CC(CC3=CCCC=C3)C3CCC(C4=CCC(C5C=CCC(N(C6C=CC=CC6)C6C=CC=CC7C[C@@H](C)CC[C@H]76)CC5)CC4)CC3)CC2)CC1.C[C@@H]1CC=CCC1. The highest BCUT2D eigenvalue weighted by Gasteiger charge is 2.43. The number of hydrogen-bond donors (Lipinski definition) is 0. The van der Waals surface area contributed by atoms with Crippen LogP contribution in [0.5, 0.6) is 0 Å². The predicted molar refractivity (Wildman–Crippen MR) is 382 cm³/mol. The van der Waals surface area contributed by atoms with Gasteiger partial charge >= 0.3 is 0 Å². The molecule has 1 nitrogen and oxygen atoms in total. The van der Waals surface area contributed by atoms with Gasteiger partial charge in [-0.15, -0.1) is 0 Å². The zero-order valence-electron chi connectivity index (χ0n) is 57.5. The van der Waals surface area contributed by atoms with Gasteiger partial charge in [0.25, 0.3) is 0 Å². The third-order valence-electron chi connectivity index (χ3n) is 26.8. The standard InChI is InChI=1S/C80H121N.C7H12/c1-4-20-64(28-18-30-74-58-79(74)60(3)21-14-15-24-61-22-8-5-9-23-61)67-40-44-69(45-41-67)66-38-36-63(37-39-66)57-75(56-62-25-10-6-11-26-62)72-50-48-71(49-51-72)70-46-42-68(43-47-70)65-29-19-33-77(53-52-65)81(76-31-12-7-13-32-76)80-34-17-16-27-73-55-59(2)35-54-78(73)80;1-7-5-3-2-4-6-7/h7,10,12-13,16-17,19,22,25-27,29,31,34,38,46,59-60,63-65,67-69,71-80H,4-6,8-9,11,14-15,18,20-21,23-24,28,30,32-33,35-37,39-45,47-58H2,1-3H3;2-3,7H,4-6H2,1H3/t59-,60?,63+,64+,65?,67?,68?,69?,71?,72?,73?,74?,75?,76?,77?,78+,79?,80?;7-/m01/s1. The van der Waals surface area contributed by atoms with E-state index in [-0.39, 0.29) is 0 Å². The quantitative estimate of drug-likeness (QED) is 0.0688. The van der Waals surface area contributed by atoms with Crippen molar-refractivity contribution >= 4 is 0 Å². The molecule has 12 aliphatic carbocycles. The fraction of sp³-hybridized carbons (Fsp3) is 0.747. The van der Waals surface area contributed by atoms with Gasteiger partial charge in [-0.1, -0.05) is 211 Å². The third-order valence-corrected chi connectivity index (χ3v) is 26.8. The molecule has 15 atom stereocenters. The van der Waals surface area contributed by atoms with Crippen LogP contribution in [0.15, 0.2) is 132 Å². The number of nitrogens with zero attached hydrogens (tertiary/aromatic N) is 1. The Morgan fingerprint density at radius 2 is 1.34 bits per heavy atom. The molecule has 12 aliphatic rings.